The van der Waals surface area contributed by atoms with Gasteiger partial charge in [-0.15, -0.1) is 0 Å². The van der Waals surface area contributed by atoms with Crippen molar-refractivity contribution in [1.29, 1.82) is 0 Å². The number of aromatic nitrogens is 3. The normalized spacial score (nSPS) is 12.6. The molecule has 4 heteroatoms. The first-order valence-corrected chi connectivity index (χ1v) is 5.87. The molecule has 0 aliphatic rings. The van der Waals surface area contributed by atoms with Crippen LogP contribution in [0.3, 0.4) is 0 Å². The van der Waals surface area contributed by atoms with Crippen molar-refractivity contribution in [2.24, 2.45) is 0 Å². The van der Waals surface area contributed by atoms with Crippen LogP contribution in [-0.2, 0) is 6.54 Å². The number of hydrogen-bond acceptors (Lipinski definition) is 3. The Hall–Kier alpha value is -1.68. The number of pyridine rings is 1. The second-order valence-corrected chi connectivity index (χ2v) is 4.03. The largest absolute Gasteiger partial charge is 0.308 e. The Bertz CT molecular complexity index is 475. The third-order valence-electron chi connectivity index (χ3n) is 2.83. The van der Waals surface area contributed by atoms with Crippen LogP contribution < -0.4 is 5.32 Å². The van der Waals surface area contributed by atoms with Gasteiger partial charge in [-0.1, -0.05) is 6.07 Å². The summed E-state index contributed by atoms with van der Waals surface area (Å²) in [5.74, 6) is 0. The first kappa shape index (κ1) is 11.8. The van der Waals surface area contributed by atoms with Gasteiger partial charge in [-0.25, -0.2) is 0 Å². The molecule has 0 saturated carbocycles. The molecule has 1 unspecified atom stereocenters. The topological polar surface area (TPSA) is 42.7 Å². The van der Waals surface area contributed by atoms with Gasteiger partial charge < -0.3 is 5.32 Å². The fourth-order valence-corrected chi connectivity index (χ4v) is 2.08. The van der Waals surface area contributed by atoms with Crippen LogP contribution >= 0.6 is 0 Å². The maximum Gasteiger partial charge on any atom is 0.0760 e. The van der Waals surface area contributed by atoms with E-state index in [0.29, 0.717) is 0 Å². The zero-order chi connectivity index (χ0) is 12.3. The first-order chi connectivity index (χ1) is 8.26. The van der Waals surface area contributed by atoms with Crippen molar-refractivity contribution < 1.29 is 0 Å². The summed E-state index contributed by atoms with van der Waals surface area (Å²) in [6, 6.07) is 6.30. The van der Waals surface area contributed by atoms with Gasteiger partial charge in [-0.05, 0) is 38.6 Å². The Kier molecular flexibility index (Phi) is 3.54. The molecular formula is C13H18N4. The average Bonchev–Trinajstić information content (AvgIpc) is 2.73. The van der Waals surface area contributed by atoms with E-state index in [1.807, 2.05) is 30.9 Å². The van der Waals surface area contributed by atoms with E-state index in [4.69, 9.17) is 0 Å². The minimum Gasteiger partial charge on any atom is -0.308 e. The monoisotopic (exact) mass is 230 g/mol. The van der Waals surface area contributed by atoms with Gasteiger partial charge in [0.15, 0.2) is 0 Å². The van der Waals surface area contributed by atoms with Gasteiger partial charge in [0.25, 0.3) is 0 Å². The second-order valence-electron chi connectivity index (χ2n) is 4.03. The molecule has 0 aliphatic heterocycles. The minimum atomic E-state index is 0.143. The lowest BCUT2D eigenvalue weighted by molar-refractivity contribution is 0.560. The SMILES string of the molecule is CCn1nc(C)cc1C(NC)c1cccnc1. The second kappa shape index (κ2) is 5.10. The highest BCUT2D eigenvalue weighted by atomic mass is 15.3. The van der Waals surface area contributed by atoms with Crippen molar-refractivity contribution in [3.63, 3.8) is 0 Å². The molecule has 0 aromatic carbocycles. The van der Waals surface area contributed by atoms with Crippen LogP contribution in [0.1, 0.15) is 29.9 Å². The zero-order valence-corrected chi connectivity index (χ0v) is 10.5. The highest BCUT2D eigenvalue weighted by molar-refractivity contribution is 5.26. The van der Waals surface area contributed by atoms with Gasteiger partial charge in [0.2, 0.25) is 0 Å². The molecule has 0 amide bonds. The molecule has 4 nitrogen and oxygen atoms in total. The van der Waals surface area contributed by atoms with Crippen molar-refractivity contribution >= 4 is 0 Å². The molecule has 2 aromatic heterocycles. The van der Waals surface area contributed by atoms with Gasteiger partial charge in [0, 0.05) is 18.9 Å². The molecule has 0 aliphatic carbocycles. The van der Waals surface area contributed by atoms with Crippen molar-refractivity contribution in [3.05, 3.63) is 47.5 Å². The predicted octanol–water partition coefficient (Wildman–Crippen LogP) is 1.92. The molecule has 0 saturated heterocycles. The summed E-state index contributed by atoms with van der Waals surface area (Å²) in [7, 11) is 1.96. The standard InChI is InChI=1S/C13H18N4/c1-4-17-12(8-10(2)16-17)13(14-3)11-6-5-7-15-9-11/h5-9,13-14H,4H2,1-3H3. The number of nitrogens with one attached hydrogen (secondary N) is 1. The molecular weight excluding hydrogens is 212 g/mol. The molecule has 0 spiro atoms. The van der Waals surface area contributed by atoms with Crippen LogP contribution in [0.4, 0.5) is 0 Å². The van der Waals surface area contributed by atoms with Crippen molar-refractivity contribution in [3.8, 4) is 0 Å². The Labute approximate surface area is 102 Å². The Morgan fingerprint density at radius 2 is 2.29 bits per heavy atom. The summed E-state index contributed by atoms with van der Waals surface area (Å²) < 4.78 is 2.03. The van der Waals surface area contributed by atoms with Crippen LogP contribution in [0.15, 0.2) is 30.6 Å². The summed E-state index contributed by atoms with van der Waals surface area (Å²) in [5, 5.41) is 7.80. The molecule has 2 aromatic rings. The summed E-state index contributed by atoms with van der Waals surface area (Å²) in [4.78, 5) is 4.17. The maximum absolute atomic E-state index is 4.48. The highest BCUT2D eigenvalue weighted by Crippen LogP contribution is 2.21. The van der Waals surface area contributed by atoms with Gasteiger partial charge in [0.1, 0.15) is 0 Å². The first-order valence-electron chi connectivity index (χ1n) is 5.87. The Morgan fingerprint density at radius 3 is 2.88 bits per heavy atom. The molecule has 2 rings (SSSR count). The molecule has 1 N–H and O–H groups in total. The lowest BCUT2D eigenvalue weighted by Gasteiger charge is -2.17. The van der Waals surface area contributed by atoms with E-state index in [2.05, 4.69) is 34.5 Å². The van der Waals surface area contributed by atoms with E-state index in [-0.39, 0.29) is 6.04 Å². The van der Waals surface area contributed by atoms with Crippen LogP contribution in [0, 0.1) is 6.92 Å². The summed E-state index contributed by atoms with van der Waals surface area (Å²) in [6.45, 7) is 5.00. The van der Waals surface area contributed by atoms with E-state index in [9.17, 15) is 0 Å². The van der Waals surface area contributed by atoms with E-state index in [1.165, 1.54) is 5.69 Å². The van der Waals surface area contributed by atoms with Crippen LogP contribution in [0.25, 0.3) is 0 Å². The van der Waals surface area contributed by atoms with Crippen molar-refractivity contribution in [1.82, 2.24) is 20.1 Å². The molecule has 17 heavy (non-hydrogen) atoms. The summed E-state index contributed by atoms with van der Waals surface area (Å²) in [5.41, 5.74) is 3.39. The van der Waals surface area contributed by atoms with Gasteiger partial charge in [-0.3, -0.25) is 9.67 Å². The highest BCUT2D eigenvalue weighted by Gasteiger charge is 2.17. The molecule has 0 radical (unpaired) electrons. The van der Waals surface area contributed by atoms with E-state index >= 15 is 0 Å². The summed E-state index contributed by atoms with van der Waals surface area (Å²) >= 11 is 0. The third-order valence-corrected chi connectivity index (χ3v) is 2.83. The lowest BCUT2D eigenvalue weighted by Crippen LogP contribution is -2.21. The third kappa shape index (κ3) is 2.36. The predicted molar refractivity (Wildman–Crippen MR) is 67.8 cm³/mol. The van der Waals surface area contributed by atoms with Crippen LogP contribution in [0.5, 0.6) is 0 Å². The Morgan fingerprint density at radius 1 is 1.47 bits per heavy atom. The van der Waals surface area contributed by atoms with Gasteiger partial charge in [-0.2, -0.15) is 5.10 Å². The molecule has 0 bridgehead atoms. The van der Waals surface area contributed by atoms with Crippen LogP contribution in [-0.4, -0.2) is 21.8 Å². The van der Waals surface area contributed by atoms with E-state index in [0.717, 1.165) is 17.8 Å². The van der Waals surface area contributed by atoms with E-state index < -0.39 is 0 Å². The summed E-state index contributed by atoms with van der Waals surface area (Å²) in [6.07, 6.45) is 3.68. The van der Waals surface area contributed by atoms with Gasteiger partial charge >= 0.3 is 0 Å². The van der Waals surface area contributed by atoms with Crippen LogP contribution in [0.2, 0.25) is 0 Å². The number of hydrogen-bond donors (Lipinski definition) is 1. The average molecular weight is 230 g/mol. The number of aryl methyl sites for hydroxylation is 2. The minimum absolute atomic E-state index is 0.143. The smallest absolute Gasteiger partial charge is 0.0760 e. The van der Waals surface area contributed by atoms with Crippen molar-refractivity contribution in [2.75, 3.05) is 7.05 Å². The fourth-order valence-electron chi connectivity index (χ4n) is 2.08. The zero-order valence-electron chi connectivity index (χ0n) is 10.5. The van der Waals surface area contributed by atoms with Gasteiger partial charge in [0.05, 0.1) is 17.4 Å². The molecule has 90 valence electrons. The fraction of sp³-hybridized carbons (Fsp3) is 0.385. The Balaban J connectivity index is 2.42. The van der Waals surface area contributed by atoms with E-state index in [1.54, 1.807) is 6.20 Å². The molecule has 1 atom stereocenters. The quantitative estimate of drug-likeness (QED) is 0.872. The lowest BCUT2D eigenvalue weighted by atomic mass is 10.1. The molecule has 2 heterocycles. The number of nitrogens with zero attached hydrogens (tertiary/aromatic N) is 3. The number of rotatable bonds is 4. The maximum atomic E-state index is 4.48. The molecule has 0 fully saturated rings. The van der Waals surface area contributed by atoms with Crippen molar-refractivity contribution in [2.45, 2.75) is 26.4 Å².